The van der Waals surface area contributed by atoms with E-state index in [-0.39, 0.29) is 17.2 Å². The first-order valence-electron chi connectivity index (χ1n) is 11.5. The lowest BCUT2D eigenvalue weighted by Crippen LogP contribution is -2.60. The standard InChI is InChI=1S/C26H26O8Si/c1-4-30-35(31-5-2,32-6-3)23-15-17(28)14-22-24(23)26(20-12-11-16(27)13-21(20)33-22)19-10-8-7-9-18(19)25(29)34-26/h7-15,27-28H,4-6H2,1-3H3. The van der Waals surface area contributed by atoms with Crippen LogP contribution in [0.2, 0.25) is 0 Å². The van der Waals surface area contributed by atoms with Crippen LogP contribution in [0.3, 0.4) is 0 Å². The number of carbonyl (C=O) groups excluding carboxylic acids is 1. The molecule has 9 heteroatoms. The normalized spacial score (nSPS) is 18.0. The van der Waals surface area contributed by atoms with Crippen molar-refractivity contribution in [2.24, 2.45) is 0 Å². The predicted octanol–water partition coefficient (Wildman–Crippen LogP) is 3.92. The van der Waals surface area contributed by atoms with Crippen LogP contribution in [0.15, 0.2) is 54.6 Å². The summed E-state index contributed by atoms with van der Waals surface area (Å²) >= 11 is 0. The Morgan fingerprint density at radius 1 is 0.829 bits per heavy atom. The highest BCUT2D eigenvalue weighted by Gasteiger charge is 2.59. The van der Waals surface area contributed by atoms with Crippen LogP contribution >= 0.6 is 0 Å². The van der Waals surface area contributed by atoms with Gasteiger partial charge in [0.1, 0.15) is 23.0 Å². The van der Waals surface area contributed by atoms with Gasteiger partial charge >= 0.3 is 14.8 Å². The van der Waals surface area contributed by atoms with Crippen LogP contribution in [0.1, 0.15) is 47.8 Å². The third kappa shape index (κ3) is 3.42. The minimum Gasteiger partial charge on any atom is -0.508 e. The highest BCUT2D eigenvalue weighted by Crippen LogP contribution is 2.56. The molecular formula is C26H26O8Si. The Hall–Kier alpha value is -3.37. The molecule has 2 heterocycles. The lowest BCUT2D eigenvalue weighted by molar-refractivity contribution is 0.0220. The molecule has 0 saturated carbocycles. The molecule has 0 amide bonds. The Labute approximate surface area is 204 Å². The van der Waals surface area contributed by atoms with E-state index in [0.29, 0.717) is 53.0 Å². The van der Waals surface area contributed by atoms with Gasteiger partial charge in [0.2, 0.25) is 0 Å². The van der Waals surface area contributed by atoms with E-state index < -0.39 is 20.4 Å². The van der Waals surface area contributed by atoms with Gasteiger partial charge in [-0.15, -0.1) is 0 Å². The zero-order valence-corrected chi connectivity index (χ0v) is 20.7. The number of ether oxygens (including phenoxy) is 2. The van der Waals surface area contributed by atoms with Gasteiger partial charge in [-0.05, 0) is 45.0 Å². The van der Waals surface area contributed by atoms with Crippen molar-refractivity contribution in [3.05, 3.63) is 76.9 Å². The van der Waals surface area contributed by atoms with Crippen LogP contribution in [-0.2, 0) is 23.6 Å². The zero-order chi connectivity index (χ0) is 24.8. The van der Waals surface area contributed by atoms with Crippen molar-refractivity contribution in [1.29, 1.82) is 0 Å². The van der Waals surface area contributed by atoms with Crippen LogP contribution in [0, 0.1) is 0 Å². The molecule has 3 aromatic rings. The summed E-state index contributed by atoms with van der Waals surface area (Å²) in [7, 11) is -3.63. The Morgan fingerprint density at radius 2 is 1.49 bits per heavy atom. The molecule has 8 nitrogen and oxygen atoms in total. The first-order chi connectivity index (χ1) is 16.9. The average Bonchev–Trinajstić information content (AvgIpc) is 3.11. The number of rotatable bonds is 7. The van der Waals surface area contributed by atoms with Crippen LogP contribution in [0.4, 0.5) is 0 Å². The molecule has 2 aliphatic rings. The summed E-state index contributed by atoms with van der Waals surface area (Å²) in [4.78, 5) is 13.2. The number of fused-ring (bicyclic) bond motifs is 6. The summed E-state index contributed by atoms with van der Waals surface area (Å²) < 4.78 is 31.0. The maximum absolute atomic E-state index is 13.2. The van der Waals surface area contributed by atoms with Crippen molar-refractivity contribution in [3.8, 4) is 23.0 Å². The maximum atomic E-state index is 13.2. The third-order valence-electron chi connectivity index (χ3n) is 6.11. The van der Waals surface area contributed by atoms with E-state index >= 15 is 0 Å². The van der Waals surface area contributed by atoms with Gasteiger partial charge in [-0.2, -0.15) is 0 Å². The van der Waals surface area contributed by atoms with Gasteiger partial charge < -0.3 is 33.0 Å². The van der Waals surface area contributed by atoms with E-state index in [1.165, 1.54) is 24.3 Å². The lowest BCUT2D eigenvalue weighted by Gasteiger charge is -2.40. The highest BCUT2D eigenvalue weighted by molar-refractivity contribution is 6.76. The summed E-state index contributed by atoms with van der Waals surface area (Å²) in [6.45, 7) is 6.40. The Kier molecular flexibility index (Phi) is 5.80. The monoisotopic (exact) mass is 494 g/mol. The fourth-order valence-corrected chi connectivity index (χ4v) is 7.74. The second-order valence-corrected chi connectivity index (χ2v) is 10.6. The Balaban J connectivity index is 1.92. The first-order valence-corrected chi connectivity index (χ1v) is 13.3. The maximum Gasteiger partial charge on any atom is 0.537 e. The topological polar surface area (TPSA) is 104 Å². The molecule has 0 radical (unpaired) electrons. The van der Waals surface area contributed by atoms with Crippen LogP contribution in [0.25, 0.3) is 0 Å². The minimum atomic E-state index is -3.63. The number of phenolic OH excluding ortho intramolecular Hbond substituents is 2. The van der Waals surface area contributed by atoms with Gasteiger partial charge in [0.15, 0.2) is 5.60 Å². The third-order valence-corrected chi connectivity index (χ3v) is 9.17. The van der Waals surface area contributed by atoms with E-state index in [1.807, 2.05) is 32.9 Å². The van der Waals surface area contributed by atoms with E-state index in [1.54, 1.807) is 18.2 Å². The molecule has 35 heavy (non-hydrogen) atoms. The molecule has 0 bridgehead atoms. The number of aromatic hydroxyl groups is 2. The molecule has 5 rings (SSSR count). The van der Waals surface area contributed by atoms with Crippen molar-refractivity contribution >= 4 is 20.0 Å². The molecular weight excluding hydrogens is 468 g/mol. The van der Waals surface area contributed by atoms with Crippen LogP contribution < -0.4 is 9.92 Å². The molecule has 2 aliphatic heterocycles. The predicted molar refractivity (Wildman–Crippen MR) is 128 cm³/mol. The molecule has 0 saturated heterocycles. The first kappa shape index (κ1) is 23.4. The van der Waals surface area contributed by atoms with Crippen molar-refractivity contribution in [2.75, 3.05) is 19.8 Å². The van der Waals surface area contributed by atoms with Crippen molar-refractivity contribution in [2.45, 2.75) is 26.4 Å². The Morgan fingerprint density at radius 3 is 2.17 bits per heavy atom. The zero-order valence-electron chi connectivity index (χ0n) is 19.7. The molecule has 0 fully saturated rings. The summed E-state index contributed by atoms with van der Waals surface area (Å²) in [5.74, 6) is -0.0512. The van der Waals surface area contributed by atoms with Crippen LogP contribution in [0.5, 0.6) is 23.0 Å². The number of hydrogen-bond donors (Lipinski definition) is 2. The molecule has 3 aromatic carbocycles. The second kappa shape index (κ2) is 8.69. The van der Waals surface area contributed by atoms with Gasteiger partial charge in [-0.1, -0.05) is 18.2 Å². The molecule has 1 unspecified atom stereocenters. The summed E-state index contributed by atoms with van der Waals surface area (Å²) in [6.07, 6.45) is 0. The van der Waals surface area contributed by atoms with Gasteiger partial charge in [0, 0.05) is 48.3 Å². The summed E-state index contributed by atoms with van der Waals surface area (Å²) in [6, 6.07) is 14.8. The quantitative estimate of drug-likeness (QED) is 0.376. The van der Waals surface area contributed by atoms with Crippen molar-refractivity contribution in [1.82, 2.24) is 0 Å². The van der Waals surface area contributed by atoms with E-state index in [2.05, 4.69) is 0 Å². The van der Waals surface area contributed by atoms with Crippen LogP contribution in [-0.4, -0.2) is 44.8 Å². The highest BCUT2D eigenvalue weighted by atomic mass is 28.4. The molecule has 0 aromatic heterocycles. The van der Waals surface area contributed by atoms with Gasteiger partial charge in [0.25, 0.3) is 0 Å². The van der Waals surface area contributed by atoms with Gasteiger partial charge in [-0.3, -0.25) is 0 Å². The van der Waals surface area contributed by atoms with Crippen molar-refractivity contribution in [3.63, 3.8) is 0 Å². The van der Waals surface area contributed by atoms with Gasteiger partial charge in [0.05, 0.1) is 11.1 Å². The number of esters is 1. The SMILES string of the molecule is CCO[Si](OCC)(OCC)c1cc(O)cc2c1C1(OC(=O)c3ccccc31)c1ccc(O)cc1O2. The van der Waals surface area contributed by atoms with E-state index in [9.17, 15) is 15.0 Å². The number of benzene rings is 3. The Bertz CT molecular complexity index is 1290. The number of hydrogen-bond acceptors (Lipinski definition) is 8. The second-order valence-electron chi connectivity index (χ2n) is 8.12. The smallest absolute Gasteiger partial charge is 0.508 e. The van der Waals surface area contributed by atoms with Gasteiger partial charge in [-0.25, -0.2) is 4.79 Å². The molecule has 1 spiro atoms. The minimum absolute atomic E-state index is 0.0120. The molecule has 2 N–H and O–H groups in total. The summed E-state index contributed by atoms with van der Waals surface area (Å²) in [5.41, 5.74) is 0.585. The summed E-state index contributed by atoms with van der Waals surface area (Å²) in [5, 5.41) is 21.4. The molecule has 182 valence electrons. The number of phenols is 2. The van der Waals surface area contributed by atoms with Crippen molar-refractivity contribution < 1.29 is 37.8 Å². The van der Waals surface area contributed by atoms with E-state index in [0.717, 1.165) is 0 Å². The largest absolute Gasteiger partial charge is 0.537 e. The average molecular weight is 495 g/mol. The fraction of sp³-hybridized carbons (Fsp3) is 0.269. The molecule has 0 aliphatic carbocycles. The number of carbonyl (C=O) groups is 1. The molecule has 1 atom stereocenters. The fourth-order valence-electron chi connectivity index (χ4n) is 4.96. The van der Waals surface area contributed by atoms with E-state index in [4.69, 9.17) is 22.8 Å². The lowest BCUT2D eigenvalue weighted by atomic mass is 9.77.